The van der Waals surface area contributed by atoms with Gasteiger partial charge in [-0.25, -0.2) is 0 Å². The van der Waals surface area contributed by atoms with Gasteiger partial charge in [-0.1, -0.05) is 18.2 Å². The van der Waals surface area contributed by atoms with Crippen molar-refractivity contribution < 1.29 is 9.79 Å². The Morgan fingerprint density at radius 2 is 1.79 bits per heavy atom. The molecular formula is C7H7N2O2PS2-2. The first-order valence-corrected chi connectivity index (χ1v) is 6.68. The van der Waals surface area contributed by atoms with Crippen LogP contribution in [-0.4, -0.2) is 5.11 Å². The number of rotatable bonds is 2. The summed E-state index contributed by atoms with van der Waals surface area (Å²) >= 11 is 8.86. The fraction of sp³-hybridized carbons (Fsp3) is 0. The third kappa shape index (κ3) is 4.64. The lowest BCUT2D eigenvalue weighted by molar-refractivity contribution is -0.297. The largest absolute Gasteiger partial charge is 0.817 e. The molecule has 0 aliphatic carbocycles. The quantitative estimate of drug-likeness (QED) is 0.562. The second-order valence-electron chi connectivity index (χ2n) is 2.43. The molecule has 4 nitrogen and oxygen atoms in total. The molecule has 0 aliphatic heterocycles. The van der Waals surface area contributed by atoms with E-state index in [1.807, 2.05) is 11.2 Å². The molecule has 1 rings (SSSR count). The Labute approximate surface area is 92.2 Å². The highest BCUT2D eigenvalue weighted by molar-refractivity contribution is 8.07. The molecular weight excluding hydrogens is 239 g/mol. The van der Waals surface area contributed by atoms with E-state index in [9.17, 15) is 9.79 Å². The first-order valence-electron chi connectivity index (χ1n) is 3.64. The predicted molar refractivity (Wildman–Crippen MR) is 60.1 cm³/mol. The van der Waals surface area contributed by atoms with Gasteiger partial charge in [-0.15, -0.1) is 18.4 Å². The minimum atomic E-state index is -3.98. The van der Waals surface area contributed by atoms with E-state index in [0.717, 1.165) is 0 Å². The van der Waals surface area contributed by atoms with Crippen molar-refractivity contribution in [1.82, 2.24) is 5.09 Å². The van der Waals surface area contributed by atoms with Gasteiger partial charge in [-0.2, -0.15) is 0 Å². The van der Waals surface area contributed by atoms with Gasteiger partial charge >= 0.3 is 0 Å². The van der Waals surface area contributed by atoms with Crippen molar-refractivity contribution in [3.05, 3.63) is 30.3 Å². The summed E-state index contributed by atoms with van der Waals surface area (Å²) in [6.45, 7) is -3.98. The van der Waals surface area contributed by atoms with E-state index >= 15 is 0 Å². The number of para-hydroxylation sites is 1. The third-order valence-electron chi connectivity index (χ3n) is 1.27. The van der Waals surface area contributed by atoms with Crippen molar-refractivity contribution in [2.24, 2.45) is 0 Å². The summed E-state index contributed by atoms with van der Waals surface area (Å²) in [5.41, 5.74) is 0.702. The van der Waals surface area contributed by atoms with Crippen molar-refractivity contribution in [2.75, 3.05) is 5.32 Å². The first kappa shape index (κ1) is 11.6. The highest BCUT2D eigenvalue weighted by Crippen LogP contribution is 2.16. The van der Waals surface area contributed by atoms with Crippen molar-refractivity contribution in [1.29, 1.82) is 0 Å². The molecule has 1 aromatic carbocycles. The Kier molecular flexibility index (Phi) is 3.97. The molecule has 1 aromatic rings. The zero-order valence-corrected chi connectivity index (χ0v) is 9.49. The molecule has 0 fully saturated rings. The van der Waals surface area contributed by atoms with Crippen LogP contribution in [-0.2, 0) is 11.8 Å². The second-order valence-corrected chi connectivity index (χ2v) is 5.50. The van der Waals surface area contributed by atoms with E-state index < -0.39 is 6.64 Å². The number of hydrogen-bond donors (Lipinski definition) is 2. The summed E-state index contributed by atoms with van der Waals surface area (Å²) < 4.78 is 0. The molecule has 0 saturated carbocycles. The fourth-order valence-electron chi connectivity index (χ4n) is 0.805. The van der Waals surface area contributed by atoms with Crippen LogP contribution in [0.1, 0.15) is 0 Å². The molecule has 0 aliphatic rings. The van der Waals surface area contributed by atoms with E-state index in [2.05, 4.69) is 17.1 Å². The fourth-order valence-corrected chi connectivity index (χ4v) is 2.04. The molecule has 0 spiro atoms. The van der Waals surface area contributed by atoms with Gasteiger partial charge in [0, 0.05) is 5.69 Å². The van der Waals surface area contributed by atoms with Crippen molar-refractivity contribution >= 4 is 41.5 Å². The van der Waals surface area contributed by atoms with Crippen LogP contribution in [0.3, 0.4) is 0 Å². The average molecular weight is 246 g/mol. The van der Waals surface area contributed by atoms with Crippen LogP contribution in [0, 0.1) is 0 Å². The SMILES string of the molecule is [O-]P([O-])(=S)NC(=S)Nc1ccccc1. The lowest BCUT2D eigenvalue weighted by atomic mass is 10.3. The standard InChI is InChI=1S/C7H9N2O2PS2/c10-12(11,14)9-7(13)8-6-4-2-1-3-5-6/h1-5H,(H4,8,9,10,11,13,14)/p-2. The molecule has 2 N–H and O–H groups in total. The van der Waals surface area contributed by atoms with Crippen LogP contribution in [0.2, 0.25) is 0 Å². The van der Waals surface area contributed by atoms with E-state index in [0.29, 0.717) is 5.69 Å². The lowest BCUT2D eigenvalue weighted by Gasteiger charge is -2.36. The average Bonchev–Trinajstić information content (AvgIpc) is 2.02. The number of anilines is 1. The van der Waals surface area contributed by atoms with Gasteiger partial charge in [0.05, 0.1) is 0 Å². The summed E-state index contributed by atoms with van der Waals surface area (Å²) in [6.07, 6.45) is 0. The Bertz CT molecular complexity index is 365. The number of hydrogen-bond acceptors (Lipinski definition) is 4. The summed E-state index contributed by atoms with van der Waals surface area (Å²) in [4.78, 5) is 21.3. The van der Waals surface area contributed by atoms with Gasteiger partial charge in [0.25, 0.3) is 0 Å². The Balaban J connectivity index is 2.55. The molecule has 7 heteroatoms. The maximum Gasteiger partial charge on any atom is 0.172 e. The van der Waals surface area contributed by atoms with Crippen molar-refractivity contribution in [2.45, 2.75) is 0 Å². The van der Waals surface area contributed by atoms with E-state index in [1.165, 1.54) is 0 Å². The van der Waals surface area contributed by atoms with Crippen molar-refractivity contribution in [3.8, 4) is 0 Å². The molecule has 76 valence electrons. The smallest absolute Gasteiger partial charge is 0.172 e. The summed E-state index contributed by atoms with van der Waals surface area (Å²) in [5.74, 6) is 0. The summed E-state index contributed by atoms with van der Waals surface area (Å²) in [7, 11) is 0. The monoisotopic (exact) mass is 246 g/mol. The Morgan fingerprint density at radius 1 is 1.21 bits per heavy atom. The summed E-state index contributed by atoms with van der Waals surface area (Å²) in [6, 6.07) is 8.96. The molecule has 0 saturated heterocycles. The molecule has 0 aromatic heterocycles. The van der Waals surface area contributed by atoms with E-state index in [4.69, 9.17) is 12.2 Å². The van der Waals surface area contributed by atoms with Crippen LogP contribution in [0.15, 0.2) is 30.3 Å². The normalized spacial score (nSPS) is 10.7. The molecule has 0 radical (unpaired) electrons. The number of benzene rings is 1. The minimum absolute atomic E-state index is 0.0236. The van der Waals surface area contributed by atoms with Crippen LogP contribution < -0.4 is 20.2 Å². The van der Waals surface area contributed by atoms with Gasteiger partial charge in [0.2, 0.25) is 0 Å². The lowest BCUT2D eigenvalue weighted by Crippen LogP contribution is -2.35. The highest BCUT2D eigenvalue weighted by atomic mass is 32.5. The van der Waals surface area contributed by atoms with Gasteiger partial charge in [0.15, 0.2) is 5.11 Å². The van der Waals surface area contributed by atoms with Crippen LogP contribution in [0.5, 0.6) is 0 Å². The molecule has 0 heterocycles. The van der Waals surface area contributed by atoms with Gasteiger partial charge < -0.3 is 20.2 Å². The maximum atomic E-state index is 10.6. The molecule has 0 amide bonds. The first-order chi connectivity index (χ1) is 6.47. The van der Waals surface area contributed by atoms with E-state index in [1.54, 1.807) is 24.3 Å². The molecule has 0 unspecified atom stereocenters. The predicted octanol–water partition coefficient (Wildman–Crippen LogP) is -0.0819. The van der Waals surface area contributed by atoms with E-state index in [-0.39, 0.29) is 5.11 Å². The summed E-state index contributed by atoms with van der Waals surface area (Å²) in [5, 5.41) is 4.66. The minimum Gasteiger partial charge on any atom is -0.817 e. The number of thiocarbonyl (C=S) groups is 1. The van der Waals surface area contributed by atoms with Crippen LogP contribution >= 0.6 is 18.9 Å². The zero-order chi connectivity index (χ0) is 10.6. The van der Waals surface area contributed by atoms with Gasteiger partial charge in [0.1, 0.15) is 0 Å². The van der Waals surface area contributed by atoms with Gasteiger partial charge in [-0.05, 0) is 24.4 Å². The molecule has 0 bridgehead atoms. The molecule has 0 atom stereocenters. The second kappa shape index (κ2) is 4.82. The number of nitrogens with one attached hydrogen (secondary N) is 2. The van der Waals surface area contributed by atoms with Crippen LogP contribution in [0.4, 0.5) is 5.69 Å². The highest BCUT2D eigenvalue weighted by Gasteiger charge is 1.95. The maximum absolute atomic E-state index is 10.6. The van der Waals surface area contributed by atoms with Crippen LogP contribution in [0.25, 0.3) is 0 Å². The zero-order valence-electron chi connectivity index (χ0n) is 6.97. The van der Waals surface area contributed by atoms with Crippen molar-refractivity contribution in [3.63, 3.8) is 0 Å². The molecule has 14 heavy (non-hydrogen) atoms. The Hall–Kier alpha value is -0.520. The van der Waals surface area contributed by atoms with Gasteiger partial charge in [-0.3, -0.25) is 0 Å². The topological polar surface area (TPSA) is 70.2 Å². The third-order valence-corrected chi connectivity index (χ3v) is 2.40. The Morgan fingerprint density at radius 3 is 2.29 bits per heavy atom.